The molecule has 4 atom stereocenters. The van der Waals surface area contributed by atoms with Gasteiger partial charge >= 0.3 is 0 Å². The molecule has 0 aromatic rings. The summed E-state index contributed by atoms with van der Waals surface area (Å²) >= 11 is 0. The highest BCUT2D eigenvalue weighted by molar-refractivity contribution is 6.76. The predicted octanol–water partition coefficient (Wildman–Crippen LogP) is 2.85. The van der Waals surface area contributed by atoms with E-state index in [1.165, 1.54) is 6.42 Å². The number of hydrogen-bond donors (Lipinski definition) is 1. The summed E-state index contributed by atoms with van der Waals surface area (Å²) in [4.78, 5) is 8.90. The Hall–Kier alpha value is 0.0969. The SMILES string of the molecule is CC1C(N(C)C)CC([Si](C)(C)NC(C)(C)C)C1N(C)C. The zero-order chi connectivity index (χ0) is 15.9. The highest BCUT2D eigenvalue weighted by Crippen LogP contribution is 2.45. The molecule has 1 aliphatic rings. The van der Waals surface area contributed by atoms with E-state index in [2.05, 4.69) is 83.8 Å². The molecule has 1 rings (SSSR count). The second-order valence-corrected chi connectivity index (χ2v) is 13.2. The Kier molecular flexibility index (Phi) is 5.51. The molecule has 120 valence electrons. The molecular weight excluding hydrogens is 262 g/mol. The van der Waals surface area contributed by atoms with E-state index in [4.69, 9.17) is 0 Å². The molecular formula is C16H37N3Si. The van der Waals surface area contributed by atoms with Crippen molar-refractivity contribution in [2.24, 2.45) is 5.92 Å². The smallest absolute Gasteiger partial charge is 0.124 e. The van der Waals surface area contributed by atoms with Crippen molar-refractivity contribution >= 4 is 8.24 Å². The van der Waals surface area contributed by atoms with Crippen LogP contribution in [0.4, 0.5) is 0 Å². The van der Waals surface area contributed by atoms with Crippen molar-refractivity contribution in [2.45, 2.75) is 70.4 Å². The summed E-state index contributed by atoms with van der Waals surface area (Å²) < 4.78 is 0. The summed E-state index contributed by atoms with van der Waals surface area (Å²) in [5, 5.41) is 0. The lowest BCUT2D eigenvalue weighted by Crippen LogP contribution is -2.59. The highest BCUT2D eigenvalue weighted by Gasteiger charge is 2.50. The molecule has 4 unspecified atom stereocenters. The summed E-state index contributed by atoms with van der Waals surface area (Å²) in [7, 11) is 7.51. The molecule has 0 spiro atoms. The van der Waals surface area contributed by atoms with Crippen LogP contribution >= 0.6 is 0 Å². The van der Waals surface area contributed by atoms with E-state index in [0.717, 1.165) is 11.5 Å². The van der Waals surface area contributed by atoms with Crippen molar-refractivity contribution in [1.82, 2.24) is 14.8 Å². The van der Waals surface area contributed by atoms with Crippen LogP contribution in [-0.4, -0.2) is 63.8 Å². The van der Waals surface area contributed by atoms with Crippen LogP contribution in [0.2, 0.25) is 18.6 Å². The van der Waals surface area contributed by atoms with Gasteiger partial charge in [-0.05, 0) is 66.8 Å². The molecule has 4 heteroatoms. The fourth-order valence-electron chi connectivity index (χ4n) is 4.50. The van der Waals surface area contributed by atoms with Crippen molar-refractivity contribution in [1.29, 1.82) is 0 Å². The Balaban J connectivity index is 3.02. The maximum absolute atomic E-state index is 4.00. The third-order valence-electron chi connectivity index (χ3n) is 4.94. The topological polar surface area (TPSA) is 18.5 Å². The van der Waals surface area contributed by atoms with Crippen LogP contribution in [0.25, 0.3) is 0 Å². The van der Waals surface area contributed by atoms with E-state index < -0.39 is 8.24 Å². The second-order valence-electron chi connectivity index (χ2n) is 8.78. The predicted molar refractivity (Wildman–Crippen MR) is 92.9 cm³/mol. The lowest BCUT2D eigenvalue weighted by Gasteiger charge is -2.42. The molecule has 0 bridgehead atoms. The van der Waals surface area contributed by atoms with Crippen LogP contribution in [0.1, 0.15) is 34.1 Å². The van der Waals surface area contributed by atoms with E-state index in [1.54, 1.807) is 0 Å². The van der Waals surface area contributed by atoms with Gasteiger partial charge in [0.05, 0.1) is 0 Å². The first kappa shape index (κ1) is 18.1. The maximum atomic E-state index is 4.00. The van der Waals surface area contributed by atoms with Crippen LogP contribution < -0.4 is 4.98 Å². The van der Waals surface area contributed by atoms with Crippen LogP contribution in [0, 0.1) is 5.92 Å². The zero-order valence-corrected chi connectivity index (χ0v) is 16.4. The van der Waals surface area contributed by atoms with Crippen molar-refractivity contribution < 1.29 is 0 Å². The molecule has 0 aliphatic heterocycles. The van der Waals surface area contributed by atoms with Gasteiger partial charge in [0.25, 0.3) is 0 Å². The van der Waals surface area contributed by atoms with E-state index in [0.29, 0.717) is 12.1 Å². The van der Waals surface area contributed by atoms with Gasteiger partial charge in [0.1, 0.15) is 8.24 Å². The monoisotopic (exact) mass is 299 g/mol. The van der Waals surface area contributed by atoms with E-state index in [-0.39, 0.29) is 5.54 Å². The molecule has 1 N–H and O–H groups in total. The van der Waals surface area contributed by atoms with Gasteiger partial charge in [0, 0.05) is 17.6 Å². The molecule has 0 radical (unpaired) electrons. The summed E-state index contributed by atoms with van der Waals surface area (Å²) in [5.41, 5.74) is 1.02. The van der Waals surface area contributed by atoms with Gasteiger partial charge in [-0.1, -0.05) is 20.0 Å². The van der Waals surface area contributed by atoms with Crippen LogP contribution in [0.3, 0.4) is 0 Å². The van der Waals surface area contributed by atoms with Crippen molar-refractivity contribution in [3.05, 3.63) is 0 Å². The first-order valence-corrected chi connectivity index (χ1v) is 11.1. The molecule has 0 aromatic heterocycles. The van der Waals surface area contributed by atoms with E-state index in [9.17, 15) is 0 Å². The molecule has 0 saturated heterocycles. The number of nitrogens with one attached hydrogen (secondary N) is 1. The van der Waals surface area contributed by atoms with Gasteiger partial charge in [-0.15, -0.1) is 0 Å². The molecule has 0 aromatic carbocycles. The van der Waals surface area contributed by atoms with Crippen molar-refractivity contribution in [3.8, 4) is 0 Å². The van der Waals surface area contributed by atoms with E-state index >= 15 is 0 Å². The molecule has 1 aliphatic carbocycles. The average Bonchev–Trinajstić information content (AvgIpc) is 2.52. The van der Waals surface area contributed by atoms with Crippen LogP contribution in [-0.2, 0) is 0 Å². The van der Waals surface area contributed by atoms with Crippen molar-refractivity contribution in [3.63, 3.8) is 0 Å². The van der Waals surface area contributed by atoms with Gasteiger partial charge in [-0.3, -0.25) is 0 Å². The average molecular weight is 300 g/mol. The third-order valence-corrected chi connectivity index (χ3v) is 8.76. The number of hydrogen-bond acceptors (Lipinski definition) is 3. The largest absolute Gasteiger partial charge is 0.332 e. The fourth-order valence-corrected chi connectivity index (χ4v) is 8.90. The maximum Gasteiger partial charge on any atom is 0.124 e. The van der Waals surface area contributed by atoms with E-state index in [1.807, 2.05) is 0 Å². The van der Waals surface area contributed by atoms with Gasteiger partial charge in [0.2, 0.25) is 0 Å². The van der Waals surface area contributed by atoms with Gasteiger partial charge in [-0.2, -0.15) is 0 Å². The second kappa shape index (κ2) is 6.07. The molecule has 0 heterocycles. The fraction of sp³-hybridized carbons (Fsp3) is 1.00. The Morgan fingerprint density at radius 3 is 1.85 bits per heavy atom. The lowest BCUT2D eigenvalue weighted by atomic mass is 10.0. The standard InChI is InChI=1S/C16H37N3Si/c1-12-13(18(5)6)11-14(15(12)19(7)8)20(9,10)17-16(2,3)4/h12-15,17H,11H2,1-10H3. The summed E-state index contributed by atoms with van der Waals surface area (Å²) in [6, 6.07) is 1.40. The third kappa shape index (κ3) is 4.06. The lowest BCUT2D eigenvalue weighted by molar-refractivity contribution is 0.186. The molecule has 3 nitrogen and oxygen atoms in total. The minimum absolute atomic E-state index is 0.214. The molecule has 20 heavy (non-hydrogen) atoms. The molecule has 1 saturated carbocycles. The highest BCUT2D eigenvalue weighted by atomic mass is 28.3. The van der Waals surface area contributed by atoms with Gasteiger partial charge < -0.3 is 14.8 Å². The normalized spacial score (nSPS) is 32.4. The van der Waals surface area contributed by atoms with Crippen molar-refractivity contribution in [2.75, 3.05) is 28.2 Å². The Labute approximate surface area is 128 Å². The summed E-state index contributed by atoms with van der Waals surface area (Å²) in [6.07, 6.45) is 1.33. The van der Waals surface area contributed by atoms with Crippen LogP contribution in [0.15, 0.2) is 0 Å². The number of nitrogens with zero attached hydrogens (tertiary/aromatic N) is 2. The van der Waals surface area contributed by atoms with Crippen LogP contribution in [0.5, 0.6) is 0 Å². The molecule has 1 fully saturated rings. The quantitative estimate of drug-likeness (QED) is 0.805. The van der Waals surface area contributed by atoms with Gasteiger partial charge in [0.15, 0.2) is 0 Å². The first-order valence-electron chi connectivity index (χ1n) is 7.99. The Morgan fingerprint density at radius 1 is 1.00 bits per heavy atom. The Morgan fingerprint density at radius 2 is 1.50 bits per heavy atom. The Bertz CT molecular complexity index is 320. The summed E-state index contributed by atoms with van der Waals surface area (Å²) in [5.74, 6) is 0.735. The minimum Gasteiger partial charge on any atom is -0.332 e. The summed E-state index contributed by atoms with van der Waals surface area (Å²) in [6.45, 7) is 14.4. The first-order chi connectivity index (χ1) is 8.87. The minimum atomic E-state index is -1.48. The molecule has 0 amide bonds. The number of rotatable bonds is 4. The van der Waals surface area contributed by atoms with Gasteiger partial charge in [-0.25, -0.2) is 0 Å². The zero-order valence-electron chi connectivity index (χ0n) is 15.4.